The molecule has 0 unspecified atom stereocenters. The summed E-state index contributed by atoms with van der Waals surface area (Å²) in [6.45, 7) is 3.43. The second-order valence-corrected chi connectivity index (χ2v) is 7.35. The first-order valence-electron chi connectivity index (χ1n) is 8.73. The molecule has 3 aromatic carbocycles. The molecule has 4 aromatic rings. The van der Waals surface area contributed by atoms with Gasteiger partial charge in [0.2, 0.25) is 0 Å². The zero-order valence-electron chi connectivity index (χ0n) is 14.6. The van der Waals surface area contributed by atoms with Gasteiger partial charge >= 0.3 is 0 Å². The third-order valence-electron chi connectivity index (χ3n) is 5.47. The molecule has 1 aromatic heterocycles. The van der Waals surface area contributed by atoms with Crippen LogP contribution in [0.1, 0.15) is 34.6 Å². The van der Waals surface area contributed by atoms with Crippen molar-refractivity contribution in [2.24, 2.45) is 5.41 Å². The van der Waals surface area contributed by atoms with Crippen LogP contribution in [0.15, 0.2) is 66.7 Å². The number of benzene rings is 3. The summed E-state index contributed by atoms with van der Waals surface area (Å²) in [6, 6.07) is 21.9. The summed E-state index contributed by atoms with van der Waals surface area (Å²) in [6.07, 6.45) is 0. The summed E-state index contributed by atoms with van der Waals surface area (Å²) in [5.41, 5.74) is 2.91. The van der Waals surface area contributed by atoms with E-state index in [9.17, 15) is 9.59 Å². The number of ketones is 2. The Hall–Kier alpha value is -3.20. The highest BCUT2D eigenvalue weighted by molar-refractivity contribution is 6.30. The van der Waals surface area contributed by atoms with Gasteiger partial charge in [0.15, 0.2) is 11.6 Å². The van der Waals surface area contributed by atoms with E-state index in [1.165, 1.54) is 0 Å². The van der Waals surface area contributed by atoms with Crippen LogP contribution in [0.5, 0.6) is 0 Å². The number of carbonyl (C=O) groups is 2. The molecule has 26 heavy (non-hydrogen) atoms. The molecule has 0 amide bonds. The first-order valence-corrected chi connectivity index (χ1v) is 8.73. The van der Waals surface area contributed by atoms with Crippen molar-refractivity contribution >= 4 is 33.4 Å². The van der Waals surface area contributed by atoms with Crippen molar-refractivity contribution < 1.29 is 9.59 Å². The summed E-state index contributed by atoms with van der Waals surface area (Å²) in [7, 11) is 0. The summed E-state index contributed by atoms with van der Waals surface area (Å²) in [5.74, 6) is -0.199. The Labute approximate surface area is 150 Å². The molecule has 1 aliphatic rings. The maximum absolute atomic E-state index is 13.1. The fourth-order valence-corrected chi connectivity index (χ4v) is 4.09. The van der Waals surface area contributed by atoms with Crippen molar-refractivity contribution in [3.8, 4) is 5.69 Å². The monoisotopic (exact) mass is 339 g/mol. The van der Waals surface area contributed by atoms with Crippen LogP contribution in [-0.2, 0) is 0 Å². The van der Waals surface area contributed by atoms with Crippen LogP contribution < -0.4 is 0 Å². The van der Waals surface area contributed by atoms with E-state index in [2.05, 4.69) is 28.8 Å². The number of Topliss-reactive ketones (excluding diaryl/α,β-unsaturated/α-hetero) is 2. The summed E-state index contributed by atoms with van der Waals surface area (Å²) >= 11 is 0. The second kappa shape index (κ2) is 4.92. The molecule has 5 rings (SSSR count). The number of carbonyl (C=O) groups excluding carboxylic acids is 2. The predicted octanol–water partition coefficient (Wildman–Crippen LogP) is 5.19. The van der Waals surface area contributed by atoms with Gasteiger partial charge in [-0.3, -0.25) is 9.59 Å². The molecule has 1 heterocycles. The van der Waals surface area contributed by atoms with Crippen molar-refractivity contribution in [1.29, 1.82) is 0 Å². The normalized spacial score (nSPS) is 15.8. The molecular formula is C23H17NO2. The van der Waals surface area contributed by atoms with E-state index in [1.807, 2.05) is 36.4 Å². The van der Waals surface area contributed by atoms with Crippen LogP contribution in [0.2, 0.25) is 0 Å². The molecule has 0 spiro atoms. The molecule has 0 saturated heterocycles. The van der Waals surface area contributed by atoms with Gasteiger partial charge in [0.1, 0.15) is 0 Å². The van der Waals surface area contributed by atoms with Gasteiger partial charge in [0.25, 0.3) is 0 Å². The highest BCUT2D eigenvalue weighted by Crippen LogP contribution is 2.41. The van der Waals surface area contributed by atoms with Crippen LogP contribution in [0, 0.1) is 5.41 Å². The summed E-state index contributed by atoms with van der Waals surface area (Å²) in [5, 5.41) is 2.27. The van der Waals surface area contributed by atoms with Crippen molar-refractivity contribution in [2.45, 2.75) is 13.8 Å². The Morgan fingerprint density at radius 2 is 1.27 bits per heavy atom. The first-order chi connectivity index (χ1) is 12.5. The van der Waals surface area contributed by atoms with Gasteiger partial charge in [-0.1, -0.05) is 48.5 Å². The zero-order valence-corrected chi connectivity index (χ0v) is 14.6. The Kier molecular flexibility index (Phi) is 2.85. The smallest absolute Gasteiger partial charge is 0.179 e. The minimum Gasteiger partial charge on any atom is -0.308 e. The van der Waals surface area contributed by atoms with E-state index in [1.54, 1.807) is 19.9 Å². The van der Waals surface area contributed by atoms with E-state index in [0.29, 0.717) is 11.1 Å². The van der Waals surface area contributed by atoms with E-state index < -0.39 is 5.41 Å². The summed E-state index contributed by atoms with van der Waals surface area (Å²) < 4.78 is 2.11. The standard InChI is InChI=1S/C23H17NO2/c1-23(2)21(25)16-10-7-13-19(20(16)22(23)26)24-17-11-5-3-8-14(17)15-9-4-6-12-18(15)24/h3-13H,1-2H3. The topological polar surface area (TPSA) is 39.1 Å². The van der Waals surface area contributed by atoms with Gasteiger partial charge < -0.3 is 4.57 Å². The van der Waals surface area contributed by atoms with E-state index >= 15 is 0 Å². The van der Waals surface area contributed by atoms with Crippen molar-refractivity contribution in [3.05, 3.63) is 77.9 Å². The van der Waals surface area contributed by atoms with Crippen molar-refractivity contribution in [2.75, 3.05) is 0 Å². The molecule has 1 aliphatic carbocycles. The lowest BCUT2D eigenvalue weighted by molar-refractivity contribution is 0.0746. The number of aromatic nitrogens is 1. The van der Waals surface area contributed by atoms with Crippen LogP contribution in [-0.4, -0.2) is 16.1 Å². The van der Waals surface area contributed by atoms with Gasteiger partial charge in [-0.25, -0.2) is 0 Å². The number of para-hydroxylation sites is 2. The number of rotatable bonds is 1. The fourth-order valence-electron chi connectivity index (χ4n) is 4.09. The third kappa shape index (κ3) is 1.72. The molecule has 0 atom stereocenters. The van der Waals surface area contributed by atoms with Crippen LogP contribution >= 0.6 is 0 Å². The Bertz CT molecular complexity index is 1190. The average Bonchev–Trinajstić information content (AvgIpc) is 3.08. The predicted molar refractivity (Wildman–Crippen MR) is 103 cm³/mol. The molecule has 126 valence electrons. The Morgan fingerprint density at radius 3 is 1.88 bits per heavy atom. The number of nitrogens with zero attached hydrogens (tertiary/aromatic N) is 1. The van der Waals surface area contributed by atoms with Crippen LogP contribution in [0.4, 0.5) is 0 Å². The van der Waals surface area contributed by atoms with Crippen molar-refractivity contribution in [3.63, 3.8) is 0 Å². The minimum absolute atomic E-state index is 0.0971. The molecule has 3 heteroatoms. The third-order valence-corrected chi connectivity index (χ3v) is 5.47. The molecule has 0 aliphatic heterocycles. The lowest BCUT2D eigenvalue weighted by atomic mass is 9.88. The lowest BCUT2D eigenvalue weighted by Crippen LogP contribution is -2.25. The molecule has 0 saturated carbocycles. The molecule has 0 radical (unpaired) electrons. The summed E-state index contributed by atoms with van der Waals surface area (Å²) in [4.78, 5) is 25.8. The van der Waals surface area contributed by atoms with Crippen LogP contribution in [0.25, 0.3) is 27.5 Å². The Morgan fingerprint density at radius 1 is 0.692 bits per heavy atom. The van der Waals surface area contributed by atoms with Gasteiger partial charge in [0, 0.05) is 16.3 Å². The van der Waals surface area contributed by atoms with Gasteiger partial charge in [-0.05, 0) is 32.0 Å². The van der Waals surface area contributed by atoms with Crippen molar-refractivity contribution in [1.82, 2.24) is 4.57 Å². The minimum atomic E-state index is -1.00. The molecule has 3 nitrogen and oxygen atoms in total. The highest BCUT2D eigenvalue weighted by Gasteiger charge is 2.47. The average molecular weight is 339 g/mol. The van der Waals surface area contributed by atoms with E-state index in [-0.39, 0.29) is 11.6 Å². The highest BCUT2D eigenvalue weighted by atomic mass is 16.2. The van der Waals surface area contributed by atoms with Gasteiger partial charge in [-0.15, -0.1) is 0 Å². The molecule has 0 N–H and O–H groups in total. The second-order valence-electron chi connectivity index (χ2n) is 7.35. The number of fused-ring (bicyclic) bond motifs is 4. The lowest BCUT2D eigenvalue weighted by Gasteiger charge is -2.14. The zero-order chi connectivity index (χ0) is 18.1. The fraction of sp³-hybridized carbons (Fsp3) is 0.130. The largest absolute Gasteiger partial charge is 0.308 e. The van der Waals surface area contributed by atoms with E-state index in [0.717, 1.165) is 27.5 Å². The Balaban J connectivity index is 1.95. The maximum atomic E-state index is 13.1. The SMILES string of the molecule is CC1(C)C(=O)c2cccc(-n3c4ccccc4c4ccccc43)c2C1=O. The maximum Gasteiger partial charge on any atom is 0.179 e. The van der Waals surface area contributed by atoms with Gasteiger partial charge in [0.05, 0.1) is 27.7 Å². The van der Waals surface area contributed by atoms with Gasteiger partial charge in [-0.2, -0.15) is 0 Å². The first kappa shape index (κ1) is 15.1. The van der Waals surface area contributed by atoms with Crippen LogP contribution in [0.3, 0.4) is 0 Å². The quantitative estimate of drug-likeness (QED) is 0.448. The number of hydrogen-bond donors (Lipinski definition) is 0. The molecule has 0 fully saturated rings. The van der Waals surface area contributed by atoms with E-state index in [4.69, 9.17) is 0 Å². The number of hydrogen-bond acceptors (Lipinski definition) is 2. The molecular weight excluding hydrogens is 322 g/mol. The molecule has 0 bridgehead atoms.